The number of para-hydroxylation sites is 3. The zero-order chi connectivity index (χ0) is 41.6. The Bertz CT molecular complexity index is 2620. The first kappa shape index (κ1) is 39.6. The van der Waals surface area contributed by atoms with Crippen LogP contribution in [0, 0.1) is 12.8 Å². The fraction of sp³-hybridized carbons (Fsp3) is 0.405. The molecule has 0 spiro atoms. The molecule has 2 aliphatic carbocycles. The summed E-state index contributed by atoms with van der Waals surface area (Å²) in [4.78, 5) is 81.2. The molecule has 5 aromatic rings. The summed E-state index contributed by atoms with van der Waals surface area (Å²) in [5, 5.41) is 5.69. The number of thiazole rings is 1. The molecule has 5 atom stereocenters. The zero-order valence-corrected chi connectivity index (χ0v) is 34.4. The van der Waals surface area contributed by atoms with Crippen molar-refractivity contribution in [3.05, 3.63) is 84.5 Å². The Hall–Kier alpha value is -5.88. The quantitative estimate of drug-likeness (QED) is 0.188. The highest BCUT2D eigenvalue weighted by molar-refractivity contribution is 7.91. The zero-order valence-electron chi connectivity index (χ0n) is 32.7. The maximum atomic E-state index is 14.8. The van der Waals surface area contributed by atoms with Gasteiger partial charge in [0.2, 0.25) is 27.7 Å². The van der Waals surface area contributed by atoms with E-state index in [1.165, 1.54) is 28.6 Å². The van der Waals surface area contributed by atoms with E-state index in [4.69, 9.17) is 19.7 Å². The minimum atomic E-state index is -3.92. The summed E-state index contributed by atoms with van der Waals surface area (Å²) in [5.74, 6) is -2.84. The molecule has 4 aliphatic rings. The van der Waals surface area contributed by atoms with E-state index in [0.29, 0.717) is 53.1 Å². The Kier molecular flexibility index (Phi) is 10.5. The highest BCUT2D eigenvalue weighted by Crippen LogP contribution is 2.46. The molecule has 0 unspecified atom stereocenters. The number of aryl methyl sites for hydroxylation is 1. The number of nitrogens with one attached hydrogen (secondary N) is 3. The summed E-state index contributed by atoms with van der Waals surface area (Å²) in [7, 11) is -3.92. The lowest BCUT2D eigenvalue weighted by Crippen LogP contribution is -2.58. The monoisotopic (exact) mass is 849 g/mol. The van der Waals surface area contributed by atoms with Gasteiger partial charge in [0.05, 0.1) is 44.9 Å². The van der Waals surface area contributed by atoms with Crippen LogP contribution in [0.5, 0.6) is 5.88 Å². The molecule has 5 heterocycles. The molecule has 16 nitrogen and oxygen atoms in total. The fourth-order valence-electron chi connectivity index (χ4n) is 7.93. The van der Waals surface area contributed by atoms with Crippen LogP contribution >= 0.6 is 11.3 Å². The molecule has 3 aromatic heterocycles. The molecule has 310 valence electrons. The number of nitrogens with zero attached hydrogens (tertiary/aromatic N) is 6. The first-order valence-electron chi connectivity index (χ1n) is 20.2. The summed E-state index contributed by atoms with van der Waals surface area (Å²) in [6, 6.07) is 12.9. The molecule has 0 bridgehead atoms. The van der Waals surface area contributed by atoms with Gasteiger partial charge in [0.15, 0.2) is 5.69 Å². The number of allylic oxidation sites excluding steroid dienone is 1. The van der Waals surface area contributed by atoms with Crippen LogP contribution in [0.25, 0.3) is 32.0 Å². The minimum absolute atomic E-state index is 0.00591. The van der Waals surface area contributed by atoms with Crippen molar-refractivity contribution in [1.29, 1.82) is 0 Å². The second-order valence-electron chi connectivity index (χ2n) is 15.9. The second kappa shape index (κ2) is 15.9. The summed E-state index contributed by atoms with van der Waals surface area (Å²) in [5.41, 5.74) is 1.52. The molecule has 60 heavy (non-hydrogen) atoms. The number of benzene rings is 2. The van der Waals surface area contributed by atoms with Crippen LogP contribution in [-0.2, 0) is 24.4 Å². The van der Waals surface area contributed by atoms with Gasteiger partial charge in [-0.1, -0.05) is 49.3 Å². The molecular weight excluding hydrogens is 807 g/mol. The number of hydrogen-bond acceptors (Lipinski definition) is 13. The summed E-state index contributed by atoms with van der Waals surface area (Å²) >= 11 is 1.43. The third-order valence-electron chi connectivity index (χ3n) is 11.5. The standard InChI is InChI=1S/C42H43N9O7S2/c1-24-21-44-32(22-43-24)36(52)46-31-15-6-4-2-3-5-11-25-20-42(25,41(55)50-60(56,57)27-17-18-27)49-37(53)33-19-26(23-51(33)40(31)54)58-38-35(45-28-12-7-8-13-29(28)47-38)39-48-30-14-9-10-16-34(30)59-39/h5,7-14,16,21-22,25-27,31,33H,2-4,6,15,17-20,23H2,1H3,(H,46,52)(H,49,53)(H,50,55)/b11-5-/t25-,26-,31+,33+,42-/m1/s1. The Morgan fingerprint density at radius 3 is 2.45 bits per heavy atom. The number of rotatable bonds is 8. The molecule has 9 rings (SSSR count). The number of carbonyl (C=O) groups excluding carboxylic acids is 4. The first-order chi connectivity index (χ1) is 29.0. The number of sulfonamides is 1. The molecule has 2 saturated carbocycles. The predicted octanol–water partition coefficient (Wildman–Crippen LogP) is 4.16. The van der Waals surface area contributed by atoms with E-state index in [2.05, 4.69) is 25.3 Å². The molecule has 2 aliphatic heterocycles. The van der Waals surface area contributed by atoms with E-state index in [-0.39, 0.29) is 37.4 Å². The first-order valence-corrected chi connectivity index (χ1v) is 22.6. The highest BCUT2D eigenvalue weighted by Gasteiger charge is 2.62. The van der Waals surface area contributed by atoms with Gasteiger partial charge in [0, 0.05) is 18.5 Å². The van der Waals surface area contributed by atoms with Crippen molar-refractivity contribution >= 4 is 66.2 Å². The van der Waals surface area contributed by atoms with Gasteiger partial charge in [-0.25, -0.2) is 28.4 Å². The van der Waals surface area contributed by atoms with E-state index < -0.39 is 68.5 Å². The Labute approximate surface area is 349 Å². The summed E-state index contributed by atoms with van der Waals surface area (Å²) < 4.78 is 35.7. The van der Waals surface area contributed by atoms with Gasteiger partial charge in [-0.15, -0.1) is 11.3 Å². The van der Waals surface area contributed by atoms with Crippen LogP contribution in [-0.4, -0.2) is 97.4 Å². The van der Waals surface area contributed by atoms with Crippen molar-refractivity contribution in [2.45, 2.75) is 93.7 Å². The van der Waals surface area contributed by atoms with E-state index in [1.54, 1.807) is 6.92 Å². The van der Waals surface area contributed by atoms with Crippen LogP contribution in [0.2, 0.25) is 0 Å². The maximum absolute atomic E-state index is 14.8. The summed E-state index contributed by atoms with van der Waals surface area (Å²) in [6.45, 7) is 1.68. The third kappa shape index (κ3) is 8.04. The van der Waals surface area contributed by atoms with Gasteiger partial charge in [-0.3, -0.25) is 28.9 Å². The van der Waals surface area contributed by atoms with Gasteiger partial charge in [-0.05, 0) is 69.7 Å². The van der Waals surface area contributed by atoms with Crippen LogP contribution in [0.4, 0.5) is 0 Å². The fourth-order valence-corrected chi connectivity index (χ4v) is 10.2. The molecule has 18 heteroatoms. The van der Waals surface area contributed by atoms with Crippen molar-refractivity contribution in [1.82, 2.24) is 45.2 Å². The molecule has 2 aromatic carbocycles. The van der Waals surface area contributed by atoms with Crippen LogP contribution < -0.4 is 20.1 Å². The predicted molar refractivity (Wildman–Crippen MR) is 222 cm³/mol. The third-order valence-corrected chi connectivity index (χ3v) is 14.3. The molecule has 4 amide bonds. The number of ether oxygens (including phenoxy) is 1. The number of fused-ring (bicyclic) bond motifs is 4. The highest BCUT2D eigenvalue weighted by atomic mass is 32.2. The van der Waals surface area contributed by atoms with E-state index in [9.17, 15) is 27.6 Å². The van der Waals surface area contributed by atoms with Gasteiger partial charge in [0.1, 0.15) is 34.4 Å². The largest absolute Gasteiger partial charge is 0.471 e. The van der Waals surface area contributed by atoms with Crippen LogP contribution in [0.15, 0.2) is 73.1 Å². The van der Waals surface area contributed by atoms with Gasteiger partial charge in [-0.2, -0.15) is 0 Å². The Balaban J connectivity index is 1.06. The smallest absolute Gasteiger partial charge is 0.272 e. The average Bonchev–Trinajstić information content (AvgIpc) is 4.13. The van der Waals surface area contributed by atoms with E-state index in [1.807, 2.05) is 60.7 Å². The Morgan fingerprint density at radius 2 is 1.70 bits per heavy atom. The maximum Gasteiger partial charge on any atom is 0.272 e. The number of hydrogen-bond donors (Lipinski definition) is 3. The molecule has 1 saturated heterocycles. The van der Waals surface area contributed by atoms with Crippen molar-refractivity contribution in [2.75, 3.05) is 6.54 Å². The van der Waals surface area contributed by atoms with Gasteiger partial charge >= 0.3 is 0 Å². The molecule has 3 fully saturated rings. The van der Waals surface area contributed by atoms with E-state index >= 15 is 0 Å². The topological polar surface area (TPSA) is 215 Å². The minimum Gasteiger partial charge on any atom is -0.471 e. The lowest BCUT2D eigenvalue weighted by Gasteiger charge is -2.29. The number of carbonyl (C=O) groups is 4. The normalized spacial score (nSPS) is 25.3. The SMILES string of the molecule is Cc1cnc(C(=O)N[C@H]2CCCCC/C=C\[C@@H]3C[C@@]3(C(=O)NS(=O)(=O)C3CC3)NC(=O)[C@@H]3C[C@@H](Oc4nc5ccccc5nc4-c4nc5ccccc5s4)CN3C2=O)cn1. The van der Waals surface area contributed by atoms with Crippen LogP contribution in [0.1, 0.15) is 74.0 Å². The molecule has 0 radical (unpaired) electrons. The van der Waals surface area contributed by atoms with Gasteiger partial charge < -0.3 is 20.3 Å². The molecular formula is C42H43N9O7S2. The van der Waals surface area contributed by atoms with Crippen molar-refractivity contribution in [3.8, 4) is 16.6 Å². The molecule has 3 N–H and O–H groups in total. The summed E-state index contributed by atoms with van der Waals surface area (Å²) in [6.07, 6.45) is 10.0. The van der Waals surface area contributed by atoms with Crippen molar-refractivity contribution in [3.63, 3.8) is 0 Å². The number of amides is 4. The van der Waals surface area contributed by atoms with Crippen LogP contribution in [0.3, 0.4) is 0 Å². The second-order valence-corrected chi connectivity index (χ2v) is 18.9. The van der Waals surface area contributed by atoms with Crippen molar-refractivity contribution in [2.24, 2.45) is 5.92 Å². The van der Waals surface area contributed by atoms with Gasteiger partial charge in [0.25, 0.3) is 11.8 Å². The van der Waals surface area contributed by atoms with E-state index in [0.717, 1.165) is 23.1 Å². The number of aromatic nitrogens is 5. The lowest BCUT2D eigenvalue weighted by atomic mass is 10.0. The average molecular weight is 850 g/mol. The lowest BCUT2D eigenvalue weighted by molar-refractivity contribution is -0.141. The van der Waals surface area contributed by atoms with Crippen molar-refractivity contribution < 1.29 is 32.3 Å². The Morgan fingerprint density at radius 1 is 0.933 bits per heavy atom.